The van der Waals surface area contributed by atoms with E-state index in [-0.39, 0.29) is 34.0 Å². The van der Waals surface area contributed by atoms with Crippen molar-refractivity contribution in [1.82, 2.24) is 9.13 Å². The molecule has 0 bridgehead atoms. The van der Waals surface area contributed by atoms with E-state index in [0.717, 1.165) is 35.6 Å². The summed E-state index contributed by atoms with van der Waals surface area (Å²) in [5.74, 6) is 6.51. The Labute approximate surface area is 199 Å². The Morgan fingerprint density at radius 2 is 1.00 bits per heavy atom. The molecule has 0 saturated carbocycles. The van der Waals surface area contributed by atoms with Crippen LogP contribution in [0.5, 0.6) is 0 Å². The number of rotatable bonds is 4. The molecule has 0 N–H and O–H groups in total. The van der Waals surface area contributed by atoms with Crippen LogP contribution in [0, 0.1) is 11.8 Å². The molecule has 154 valence electrons. The van der Waals surface area contributed by atoms with Gasteiger partial charge in [0, 0.05) is 11.1 Å². The second-order valence-corrected chi connectivity index (χ2v) is 6.65. The van der Waals surface area contributed by atoms with Crippen LogP contribution in [0.4, 0.5) is 0 Å². The largest absolute Gasteiger partial charge is 1.00 e. The van der Waals surface area contributed by atoms with Crippen molar-refractivity contribution in [3.05, 3.63) is 97.1 Å². The van der Waals surface area contributed by atoms with E-state index < -0.39 is 0 Å². The maximum atomic E-state index is 3.25. The summed E-state index contributed by atoms with van der Waals surface area (Å²) >= 11 is 0. The highest BCUT2D eigenvalue weighted by molar-refractivity contribution is 5.47. The minimum Gasteiger partial charge on any atom is -1.00 e. The minimum atomic E-state index is 0. The van der Waals surface area contributed by atoms with Gasteiger partial charge in [-0.15, -0.1) is 0 Å². The quantitative estimate of drug-likeness (QED) is 0.203. The molecular weight excluding hydrogens is 504 g/mol. The van der Waals surface area contributed by atoms with Crippen LogP contribution in [0.1, 0.15) is 25.0 Å². The highest BCUT2D eigenvalue weighted by Gasteiger charge is 2.05. The van der Waals surface area contributed by atoms with Crippen molar-refractivity contribution in [3.8, 4) is 23.2 Å². The van der Waals surface area contributed by atoms with Gasteiger partial charge in [0.2, 0.25) is 12.7 Å². The lowest BCUT2D eigenvalue weighted by atomic mass is 10.1. The molecule has 0 aliphatic heterocycles. The van der Waals surface area contributed by atoms with Gasteiger partial charge in [0.15, 0.2) is 0 Å². The van der Waals surface area contributed by atoms with Crippen LogP contribution in [-0.2, 0) is 13.1 Å². The van der Waals surface area contributed by atoms with E-state index in [2.05, 4.69) is 130 Å². The van der Waals surface area contributed by atoms with Gasteiger partial charge in [-0.1, -0.05) is 11.8 Å². The lowest BCUT2D eigenvalue weighted by molar-refractivity contribution is -0.692. The Kier molecular flexibility index (Phi) is 8.64. The molecule has 4 rings (SSSR count). The number of nitrogens with zero attached hydrogens (tertiary/aromatic N) is 4. The molecule has 2 aromatic heterocycles. The monoisotopic (exact) mass is 526 g/mol. The van der Waals surface area contributed by atoms with Crippen molar-refractivity contribution in [1.29, 1.82) is 0 Å². The lowest BCUT2D eigenvalue weighted by Gasteiger charge is -1.97. The molecule has 0 atom stereocenters. The first-order valence-electron chi connectivity index (χ1n) is 9.62. The lowest BCUT2D eigenvalue weighted by Crippen LogP contribution is -3.00. The summed E-state index contributed by atoms with van der Waals surface area (Å²) in [6.07, 6.45) is 12.5. The van der Waals surface area contributed by atoms with Gasteiger partial charge in [0.05, 0.1) is 13.1 Å². The van der Waals surface area contributed by atoms with Crippen LogP contribution in [0.25, 0.3) is 11.4 Å². The van der Waals surface area contributed by atoms with Crippen molar-refractivity contribution in [3.63, 3.8) is 0 Å². The molecule has 2 aromatic carbocycles. The SMILES string of the molecule is CC[n+]1ccn(-c2ccc(C#Cc3ccc(-n4cc[n+](CC)c4)cc3)cc2)c1.[Br-].[Br-]. The second-order valence-electron chi connectivity index (χ2n) is 6.65. The molecule has 0 unspecified atom stereocenters. The smallest absolute Gasteiger partial charge is 0.248 e. The van der Waals surface area contributed by atoms with E-state index in [0.29, 0.717) is 0 Å². The first-order chi connectivity index (χ1) is 13.7. The molecule has 4 nitrogen and oxygen atoms in total. The maximum absolute atomic E-state index is 3.25. The fourth-order valence-electron chi connectivity index (χ4n) is 3.05. The molecule has 0 spiro atoms. The fourth-order valence-corrected chi connectivity index (χ4v) is 3.05. The summed E-state index contributed by atoms with van der Waals surface area (Å²) in [6, 6.07) is 16.7. The summed E-state index contributed by atoms with van der Waals surface area (Å²) in [5, 5.41) is 0. The van der Waals surface area contributed by atoms with Gasteiger partial charge >= 0.3 is 0 Å². The van der Waals surface area contributed by atoms with Crippen molar-refractivity contribution in [2.24, 2.45) is 0 Å². The molecular formula is C24H24Br2N4. The number of imidazole rings is 2. The predicted octanol–water partition coefficient (Wildman–Crippen LogP) is -2.71. The highest BCUT2D eigenvalue weighted by atomic mass is 79.9. The van der Waals surface area contributed by atoms with Crippen molar-refractivity contribution < 1.29 is 43.1 Å². The van der Waals surface area contributed by atoms with Crippen molar-refractivity contribution in [2.75, 3.05) is 0 Å². The molecule has 0 aliphatic carbocycles. The van der Waals surface area contributed by atoms with Crippen LogP contribution in [0.2, 0.25) is 0 Å². The molecule has 0 aliphatic rings. The average Bonchev–Trinajstić information content (AvgIpc) is 3.42. The van der Waals surface area contributed by atoms with Gasteiger partial charge < -0.3 is 34.0 Å². The van der Waals surface area contributed by atoms with Crippen LogP contribution in [-0.4, -0.2) is 9.13 Å². The van der Waals surface area contributed by atoms with Crippen molar-refractivity contribution >= 4 is 0 Å². The number of aryl methyl sites for hydroxylation is 2. The normalized spacial score (nSPS) is 9.80. The third kappa shape index (κ3) is 5.50. The Bertz CT molecular complexity index is 1040. The molecule has 0 amide bonds. The number of benzene rings is 2. The zero-order valence-electron chi connectivity index (χ0n) is 17.0. The number of hydrogen-bond acceptors (Lipinski definition) is 0. The fraction of sp³-hybridized carbons (Fsp3) is 0.167. The van der Waals surface area contributed by atoms with E-state index >= 15 is 0 Å². The molecule has 4 aromatic rings. The molecule has 2 heterocycles. The number of hydrogen-bond donors (Lipinski definition) is 0. The summed E-state index contributed by atoms with van der Waals surface area (Å²) in [5.41, 5.74) is 4.30. The van der Waals surface area contributed by atoms with Crippen LogP contribution < -0.4 is 43.1 Å². The van der Waals surface area contributed by atoms with Gasteiger partial charge in [0.25, 0.3) is 0 Å². The van der Waals surface area contributed by atoms with Crippen LogP contribution >= 0.6 is 0 Å². The van der Waals surface area contributed by atoms with Gasteiger partial charge in [-0.3, -0.25) is 0 Å². The molecule has 0 radical (unpaired) electrons. The molecule has 0 fully saturated rings. The second kappa shape index (κ2) is 11.0. The first kappa shape index (κ1) is 23.7. The minimum absolute atomic E-state index is 0. The van der Waals surface area contributed by atoms with Gasteiger partial charge in [-0.25, -0.2) is 18.3 Å². The van der Waals surface area contributed by atoms with Gasteiger partial charge in [-0.05, 0) is 62.4 Å². The summed E-state index contributed by atoms with van der Waals surface area (Å²) in [7, 11) is 0. The molecule has 30 heavy (non-hydrogen) atoms. The van der Waals surface area contributed by atoms with E-state index in [1.165, 1.54) is 0 Å². The number of halogens is 2. The predicted molar refractivity (Wildman–Crippen MR) is 109 cm³/mol. The first-order valence-corrected chi connectivity index (χ1v) is 9.62. The van der Waals surface area contributed by atoms with E-state index in [4.69, 9.17) is 0 Å². The number of aromatic nitrogens is 4. The van der Waals surface area contributed by atoms with E-state index in [1.807, 2.05) is 0 Å². The topological polar surface area (TPSA) is 17.6 Å². The van der Waals surface area contributed by atoms with Gasteiger partial charge in [-0.2, -0.15) is 0 Å². The summed E-state index contributed by atoms with van der Waals surface area (Å²) in [6.45, 7) is 6.21. The van der Waals surface area contributed by atoms with Crippen LogP contribution in [0.15, 0.2) is 86.0 Å². The third-order valence-corrected chi connectivity index (χ3v) is 4.80. The Hall–Kier alpha value is -2.62. The Balaban J connectivity index is 0.00000160. The third-order valence-electron chi connectivity index (χ3n) is 4.80. The Morgan fingerprint density at radius 1 is 0.633 bits per heavy atom. The zero-order chi connectivity index (χ0) is 19.3. The Morgan fingerprint density at radius 3 is 1.30 bits per heavy atom. The maximum Gasteiger partial charge on any atom is 0.248 e. The highest BCUT2D eigenvalue weighted by Crippen LogP contribution is 2.10. The summed E-state index contributed by atoms with van der Waals surface area (Å²) < 4.78 is 8.52. The van der Waals surface area contributed by atoms with Crippen LogP contribution in [0.3, 0.4) is 0 Å². The van der Waals surface area contributed by atoms with E-state index in [9.17, 15) is 0 Å². The van der Waals surface area contributed by atoms with Crippen molar-refractivity contribution in [2.45, 2.75) is 26.9 Å². The molecule has 6 heteroatoms. The molecule has 0 saturated heterocycles. The average molecular weight is 528 g/mol. The van der Waals surface area contributed by atoms with E-state index in [1.54, 1.807) is 0 Å². The standard InChI is InChI=1S/C24H24N4.2BrH/c1-3-25-15-17-27(19-25)23-11-7-21(8-12-23)5-6-22-9-13-24(14-10-22)28-18-16-26(4-2)20-28;;/h7-20H,3-4H2,1-2H3;2*1H/q+2;;/p-2. The van der Waals surface area contributed by atoms with Gasteiger partial charge in [0.1, 0.15) is 36.2 Å². The summed E-state index contributed by atoms with van der Waals surface area (Å²) in [4.78, 5) is 0. The zero-order valence-corrected chi connectivity index (χ0v) is 20.2.